The molecule has 86 valence electrons. The van der Waals surface area contributed by atoms with E-state index in [1.54, 1.807) is 0 Å². The number of ether oxygens (including phenoxy) is 1. The summed E-state index contributed by atoms with van der Waals surface area (Å²) in [5.74, 6) is 4.85. The lowest BCUT2D eigenvalue weighted by Crippen LogP contribution is -2.11. The second-order valence-corrected chi connectivity index (χ2v) is 4.45. The molecule has 5 nitrogen and oxygen atoms in total. The average Bonchev–Trinajstić information content (AvgIpc) is 1.99. The Bertz CT molecular complexity index is 360. The Labute approximate surface area is 89.9 Å². The van der Waals surface area contributed by atoms with Gasteiger partial charge in [0.25, 0.3) is 10.1 Å². The van der Waals surface area contributed by atoms with Crippen LogP contribution in [0.25, 0.3) is 0 Å². The molecule has 0 aromatic heterocycles. The molecule has 0 saturated heterocycles. The maximum atomic E-state index is 10.7. The quantitative estimate of drug-likeness (QED) is 0.303. The molecule has 0 radical (unpaired) electrons. The van der Waals surface area contributed by atoms with Gasteiger partial charge in [-0.05, 0) is 6.92 Å². The second-order valence-electron chi connectivity index (χ2n) is 2.85. The van der Waals surface area contributed by atoms with E-state index < -0.39 is 16.2 Å². The van der Waals surface area contributed by atoms with Gasteiger partial charge in [-0.25, -0.2) is 0 Å². The van der Waals surface area contributed by atoms with Crippen LogP contribution in [-0.2, 0) is 23.8 Å². The Morgan fingerprint density at radius 1 is 1.47 bits per heavy atom. The highest BCUT2D eigenvalue weighted by molar-refractivity contribution is 7.86. The molecule has 0 aliphatic carbocycles. The van der Waals surface area contributed by atoms with Crippen LogP contribution in [0.3, 0.4) is 0 Å². The molecule has 0 fully saturated rings. The number of hydrogen-bond acceptors (Lipinski definition) is 5. The van der Waals surface area contributed by atoms with Crippen LogP contribution in [0, 0.1) is 11.8 Å². The van der Waals surface area contributed by atoms with Crippen molar-refractivity contribution in [1.82, 2.24) is 0 Å². The van der Waals surface area contributed by atoms with E-state index in [9.17, 15) is 13.2 Å². The second kappa shape index (κ2) is 6.43. The molecule has 0 N–H and O–H groups in total. The van der Waals surface area contributed by atoms with Gasteiger partial charge < -0.3 is 4.74 Å². The third-order valence-electron chi connectivity index (χ3n) is 1.16. The lowest BCUT2D eigenvalue weighted by Gasteiger charge is -2.02. The van der Waals surface area contributed by atoms with Gasteiger partial charge in [-0.15, -0.1) is 0 Å². The molecule has 1 atom stereocenters. The van der Waals surface area contributed by atoms with Gasteiger partial charge in [0.2, 0.25) is 0 Å². The first-order chi connectivity index (χ1) is 6.81. The van der Waals surface area contributed by atoms with Crippen molar-refractivity contribution in [3.8, 4) is 11.8 Å². The highest BCUT2D eigenvalue weighted by atomic mass is 32.2. The molecular formula is C9H14O5S. The molecule has 6 heteroatoms. The maximum Gasteiger partial charge on any atom is 0.302 e. The first-order valence-corrected chi connectivity index (χ1v) is 6.13. The summed E-state index contributed by atoms with van der Waals surface area (Å²) in [4.78, 5) is 10.4. The monoisotopic (exact) mass is 234 g/mol. The van der Waals surface area contributed by atoms with Crippen LogP contribution in [0.1, 0.15) is 20.3 Å². The molecule has 0 aliphatic rings. The van der Waals surface area contributed by atoms with Crippen molar-refractivity contribution in [2.45, 2.75) is 26.4 Å². The molecule has 0 saturated carbocycles. The van der Waals surface area contributed by atoms with Crippen LogP contribution in [0.15, 0.2) is 0 Å². The number of rotatable bonds is 4. The fourth-order valence-corrected chi connectivity index (χ4v) is 1.32. The first kappa shape index (κ1) is 13.9. The van der Waals surface area contributed by atoms with Gasteiger partial charge in [0, 0.05) is 13.3 Å². The molecule has 0 amide bonds. The van der Waals surface area contributed by atoms with E-state index in [1.807, 2.05) is 0 Å². The third-order valence-corrected chi connectivity index (χ3v) is 1.80. The van der Waals surface area contributed by atoms with Crippen LogP contribution >= 0.6 is 0 Å². The van der Waals surface area contributed by atoms with E-state index >= 15 is 0 Å². The average molecular weight is 234 g/mol. The lowest BCUT2D eigenvalue weighted by molar-refractivity contribution is -0.140. The number of hydrogen-bond donors (Lipinski definition) is 0. The van der Waals surface area contributed by atoms with Gasteiger partial charge in [0.05, 0.1) is 6.26 Å². The minimum Gasteiger partial charge on any atom is -0.465 e. The van der Waals surface area contributed by atoms with E-state index in [4.69, 9.17) is 0 Å². The predicted octanol–water partition coefficient (Wildman–Crippen LogP) is 0.308. The normalized spacial score (nSPS) is 12.5. The van der Waals surface area contributed by atoms with Gasteiger partial charge in [-0.2, -0.15) is 8.42 Å². The number of esters is 1. The Morgan fingerprint density at radius 2 is 2.07 bits per heavy atom. The zero-order chi connectivity index (χ0) is 11.9. The minimum absolute atomic E-state index is 0.202. The largest absolute Gasteiger partial charge is 0.465 e. The summed E-state index contributed by atoms with van der Waals surface area (Å²) < 4.78 is 30.5. The highest BCUT2D eigenvalue weighted by Crippen LogP contribution is 1.95. The van der Waals surface area contributed by atoms with Crippen LogP contribution in [0.4, 0.5) is 0 Å². The molecule has 0 bridgehead atoms. The van der Waals surface area contributed by atoms with Crippen molar-refractivity contribution in [1.29, 1.82) is 0 Å². The number of carbonyl (C=O) groups excluding carboxylic acids is 1. The molecular weight excluding hydrogens is 220 g/mol. The lowest BCUT2D eigenvalue weighted by atomic mass is 10.3. The molecule has 0 heterocycles. The third kappa shape index (κ3) is 10.9. The zero-order valence-corrected chi connectivity index (χ0v) is 9.76. The Balaban J connectivity index is 3.82. The zero-order valence-electron chi connectivity index (χ0n) is 8.94. The summed E-state index contributed by atoms with van der Waals surface area (Å²) in [6, 6.07) is 0. The molecule has 0 spiro atoms. The van der Waals surface area contributed by atoms with Crippen molar-refractivity contribution in [3.05, 3.63) is 0 Å². The van der Waals surface area contributed by atoms with Crippen LogP contribution in [-0.4, -0.2) is 33.4 Å². The summed E-state index contributed by atoms with van der Waals surface area (Å²) in [6.45, 7) is 3.04. The molecule has 0 rings (SSSR count). The van der Waals surface area contributed by atoms with Gasteiger partial charge in [0.15, 0.2) is 0 Å². The Morgan fingerprint density at radius 3 is 2.53 bits per heavy atom. The summed E-state index contributed by atoms with van der Waals surface area (Å²) in [5.41, 5.74) is 0. The summed E-state index contributed by atoms with van der Waals surface area (Å²) in [6.07, 6.45) is 0.637. The van der Waals surface area contributed by atoms with E-state index in [2.05, 4.69) is 20.8 Å². The summed E-state index contributed by atoms with van der Waals surface area (Å²) in [7, 11) is -3.47. The highest BCUT2D eigenvalue weighted by Gasteiger charge is 2.06. The van der Waals surface area contributed by atoms with Crippen molar-refractivity contribution in [2.75, 3.05) is 12.9 Å². The first-order valence-electron chi connectivity index (χ1n) is 4.31. The fourth-order valence-electron chi connectivity index (χ4n) is 0.748. The van der Waals surface area contributed by atoms with Gasteiger partial charge in [-0.1, -0.05) is 11.8 Å². The van der Waals surface area contributed by atoms with Gasteiger partial charge >= 0.3 is 5.97 Å². The SMILES string of the molecule is CC(=O)OCCC#C[C@H](C)OS(C)(=O)=O. The minimum atomic E-state index is -3.47. The molecule has 15 heavy (non-hydrogen) atoms. The summed E-state index contributed by atoms with van der Waals surface area (Å²) >= 11 is 0. The van der Waals surface area contributed by atoms with E-state index in [-0.39, 0.29) is 12.6 Å². The predicted molar refractivity (Wildman–Crippen MR) is 54.4 cm³/mol. The van der Waals surface area contributed by atoms with Gasteiger partial charge in [-0.3, -0.25) is 8.98 Å². The van der Waals surface area contributed by atoms with Crippen LogP contribution < -0.4 is 0 Å². The van der Waals surface area contributed by atoms with Gasteiger partial charge in [0.1, 0.15) is 12.7 Å². The molecule has 0 unspecified atom stereocenters. The van der Waals surface area contributed by atoms with E-state index in [1.165, 1.54) is 13.8 Å². The number of carbonyl (C=O) groups is 1. The van der Waals surface area contributed by atoms with Crippen molar-refractivity contribution in [2.24, 2.45) is 0 Å². The maximum absolute atomic E-state index is 10.7. The van der Waals surface area contributed by atoms with E-state index in [0.717, 1.165) is 6.26 Å². The van der Waals surface area contributed by atoms with Crippen LogP contribution in [0.2, 0.25) is 0 Å². The summed E-state index contributed by atoms with van der Waals surface area (Å²) in [5, 5.41) is 0. The van der Waals surface area contributed by atoms with Crippen molar-refractivity contribution >= 4 is 16.1 Å². The molecule has 0 aromatic rings. The Hall–Kier alpha value is -1.06. The van der Waals surface area contributed by atoms with Crippen molar-refractivity contribution in [3.63, 3.8) is 0 Å². The fraction of sp³-hybridized carbons (Fsp3) is 0.667. The Kier molecular flexibility index (Phi) is 5.97. The molecule has 0 aromatic carbocycles. The van der Waals surface area contributed by atoms with E-state index in [0.29, 0.717) is 6.42 Å². The smallest absolute Gasteiger partial charge is 0.302 e. The van der Waals surface area contributed by atoms with Crippen molar-refractivity contribution < 1.29 is 22.1 Å². The topological polar surface area (TPSA) is 69.7 Å². The molecule has 0 aliphatic heterocycles. The standard InChI is InChI=1S/C9H14O5S/c1-8(14-15(3,11)12)6-4-5-7-13-9(2)10/h8H,5,7H2,1-3H3/t8-/m0/s1. The van der Waals surface area contributed by atoms with Crippen LogP contribution in [0.5, 0.6) is 0 Å².